The van der Waals surface area contributed by atoms with Gasteiger partial charge in [0, 0.05) is 23.6 Å². The van der Waals surface area contributed by atoms with Crippen molar-refractivity contribution in [2.24, 2.45) is 0 Å². The number of hydrogen-bond donors (Lipinski definition) is 1. The maximum Gasteiger partial charge on any atom is 0.373 e. The fourth-order valence-corrected chi connectivity index (χ4v) is 2.54. The number of carbonyl (C=O) groups excluding carboxylic acids is 1. The van der Waals surface area contributed by atoms with Crippen LogP contribution in [0, 0.1) is 5.82 Å². The zero-order valence-electron chi connectivity index (χ0n) is 11.4. The molecule has 0 aliphatic carbocycles. The van der Waals surface area contributed by atoms with E-state index in [0.29, 0.717) is 11.4 Å². The fourth-order valence-electron chi connectivity index (χ4n) is 1.66. The minimum absolute atomic E-state index is 0.199. The Labute approximate surface area is 125 Å². The molecule has 0 atom stereocenters. The van der Waals surface area contributed by atoms with Crippen LogP contribution in [0.3, 0.4) is 0 Å². The molecular formula is C15H14FNO3S. The second-order valence-corrected chi connectivity index (χ2v) is 5.36. The van der Waals surface area contributed by atoms with Crippen LogP contribution in [0.15, 0.2) is 36.2 Å². The molecule has 0 unspecified atom stereocenters. The second-order valence-electron chi connectivity index (χ2n) is 4.22. The summed E-state index contributed by atoms with van der Waals surface area (Å²) < 4.78 is 17.5. The molecule has 110 valence electrons. The zero-order valence-corrected chi connectivity index (χ0v) is 12.2. The van der Waals surface area contributed by atoms with E-state index in [4.69, 9.17) is 0 Å². The Morgan fingerprint density at radius 3 is 2.81 bits per heavy atom. The van der Waals surface area contributed by atoms with Gasteiger partial charge < -0.3 is 9.84 Å². The van der Waals surface area contributed by atoms with E-state index in [1.54, 1.807) is 25.3 Å². The van der Waals surface area contributed by atoms with Crippen molar-refractivity contribution in [3.8, 4) is 0 Å². The van der Waals surface area contributed by atoms with Crippen LogP contribution in [0.2, 0.25) is 0 Å². The van der Waals surface area contributed by atoms with Gasteiger partial charge in [0.2, 0.25) is 5.76 Å². The Kier molecular flexibility index (Phi) is 5.05. The van der Waals surface area contributed by atoms with Gasteiger partial charge in [-0.1, -0.05) is 12.1 Å². The van der Waals surface area contributed by atoms with Crippen LogP contribution < -0.4 is 0 Å². The predicted molar refractivity (Wildman–Crippen MR) is 78.6 cm³/mol. The smallest absolute Gasteiger partial charge is 0.373 e. The van der Waals surface area contributed by atoms with Crippen molar-refractivity contribution in [3.05, 3.63) is 57.5 Å². The Balaban J connectivity index is 2.06. The highest BCUT2D eigenvalue weighted by Gasteiger charge is 2.10. The van der Waals surface area contributed by atoms with E-state index in [1.807, 2.05) is 0 Å². The van der Waals surface area contributed by atoms with Crippen LogP contribution in [-0.4, -0.2) is 22.7 Å². The van der Waals surface area contributed by atoms with Crippen molar-refractivity contribution < 1.29 is 19.0 Å². The van der Waals surface area contributed by atoms with Gasteiger partial charge in [-0.25, -0.2) is 14.2 Å². The lowest BCUT2D eigenvalue weighted by atomic mass is 10.1. The third-order valence-corrected chi connectivity index (χ3v) is 3.55. The number of ether oxygens (including phenoxy) is 1. The van der Waals surface area contributed by atoms with E-state index in [9.17, 15) is 14.3 Å². The minimum atomic E-state index is -0.771. The topological polar surface area (TPSA) is 59.4 Å². The van der Waals surface area contributed by atoms with E-state index in [0.717, 1.165) is 10.4 Å². The summed E-state index contributed by atoms with van der Waals surface area (Å²) in [6.45, 7) is 1.86. The average Bonchev–Trinajstić information content (AvgIpc) is 2.89. The molecule has 2 rings (SSSR count). The lowest BCUT2D eigenvalue weighted by Crippen LogP contribution is -2.06. The summed E-state index contributed by atoms with van der Waals surface area (Å²) >= 11 is 1.35. The van der Waals surface area contributed by atoms with E-state index in [2.05, 4.69) is 9.72 Å². The molecule has 0 saturated carbocycles. The maximum absolute atomic E-state index is 12.8. The number of esters is 1. The first-order valence-corrected chi connectivity index (χ1v) is 7.17. The number of carbonyl (C=O) groups is 1. The Bertz CT molecular complexity index is 649. The van der Waals surface area contributed by atoms with Crippen LogP contribution in [0.4, 0.5) is 4.39 Å². The lowest BCUT2D eigenvalue weighted by molar-refractivity contribution is -0.141. The molecule has 1 heterocycles. The summed E-state index contributed by atoms with van der Waals surface area (Å²) in [6.07, 6.45) is 3.56. The molecule has 0 radical (unpaired) electrons. The van der Waals surface area contributed by atoms with Gasteiger partial charge in [0.25, 0.3) is 0 Å². The fraction of sp³-hybridized carbons (Fsp3) is 0.200. The van der Waals surface area contributed by atoms with Crippen molar-refractivity contribution in [2.45, 2.75) is 13.3 Å². The largest absolute Gasteiger partial charge is 0.502 e. The molecular weight excluding hydrogens is 293 g/mol. The molecule has 0 amide bonds. The number of aliphatic hydroxyl groups is 1. The number of hydrogen-bond acceptors (Lipinski definition) is 5. The third-order valence-electron chi connectivity index (χ3n) is 2.61. The number of halogens is 1. The normalized spacial score (nSPS) is 11.4. The highest BCUT2D eigenvalue weighted by molar-refractivity contribution is 7.12. The first-order chi connectivity index (χ1) is 10.1. The molecule has 2 aromatic rings. The highest BCUT2D eigenvalue weighted by atomic mass is 32.1. The number of benzene rings is 1. The van der Waals surface area contributed by atoms with E-state index in [-0.39, 0.29) is 12.4 Å². The van der Waals surface area contributed by atoms with Gasteiger partial charge in [0.05, 0.1) is 6.61 Å². The van der Waals surface area contributed by atoms with Crippen LogP contribution >= 0.6 is 11.3 Å². The maximum atomic E-state index is 12.8. The SMILES string of the molecule is CCOC(=O)C(O)=Cc1ncc(Cc2ccc(F)cc2)s1. The van der Waals surface area contributed by atoms with Gasteiger partial charge in [-0.15, -0.1) is 11.3 Å². The van der Waals surface area contributed by atoms with Crippen molar-refractivity contribution >= 4 is 23.4 Å². The monoisotopic (exact) mass is 307 g/mol. The molecule has 0 aliphatic rings. The summed E-state index contributed by atoms with van der Waals surface area (Å²) in [5, 5.41) is 10.1. The van der Waals surface area contributed by atoms with Crippen molar-refractivity contribution in [2.75, 3.05) is 6.61 Å². The molecule has 1 N–H and O–H groups in total. The zero-order chi connectivity index (χ0) is 15.2. The van der Waals surface area contributed by atoms with Crippen LogP contribution in [0.5, 0.6) is 0 Å². The summed E-state index contributed by atoms with van der Waals surface area (Å²) in [5.74, 6) is -1.52. The Morgan fingerprint density at radius 2 is 2.14 bits per heavy atom. The molecule has 0 spiro atoms. The minimum Gasteiger partial charge on any atom is -0.502 e. The number of aromatic nitrogens is 1. The van der Waals surface area contributed by atoms with Crippen LogP contribution in [0.25, 0.3) is 6.08 Å². The Morgan fingerprint density at radius 1 is 1.43 bits per heavy atom. The molecule has 1 aromatic carbocycles. The summed E-state index contributed by atoms with van der Waals surface area (Å²) in [7, 11) is 0. The van der Waals surface area contributed by atoms with Crippen LogP contribution in [-0.2, 0) is 16.0 Å². The molecule has 21 heavy (non-hydrogen) atoms. The Hall–Kier alpha value is -2.21. The summed E-state index contributed by atoms with van der Waals surface area (Å²) in [5.41, 5.74) is 0.963. The van der Waals surface area contributed by atoms with E-state index < -0.39 is 11.7 Å². The number of rotatable bonds is 5. The van der Waals surface area contributed by atoms with E-state index >= 15 is 0 Å². The van der Waals surface area contributed by atoms with Gasteiger partial charge in [-0.3, -0.25) is 0 Å². The summed E-state index contributed by atoms with van der Waals surface area (Å²) in [6, 6.07) is 6.23. The van der Waals surface area contributed by atoms with Gasteiger partial charge in [0.1, 0.15) is 10.8 Å². The molecule has 0 saturated heterocycles. The molecule has 0 fully saturated rings. The van der Waals surface area contributed by atoms with Gasteiger partial charge in [-0.2, -0.15) is 0 Å². The predicted octanol–water partition coefficient (Wildman–Crippen LogP) is 3.34. The van der Waals surface area contributed by atoms with Gasteiger partial charge in [-0.05, 0) is 24.6 Å². The third kappa shape index (κ3) is 4.39. The number of aliphatic hydroxyl groups excluding tert-OH is 1. The first kappa shape index (κ1) is 15.2. The van der Waals surface area contributed by atoms with Crippen molar-refractivity contribution in [3.63, 3.8) is 0 Å². The average molecular weight is 307 g/mol. The summed E-state index contributed by atoms with van der Waals surface area (Å²) in [4.78, 5) is 16.3. The number of nitrogens with zero attached hydrogens (tertiary/aromatic N) is 1. The molecule has 1 aromatic heterocycles. The van der Waals surface area contributed by atoms with Crippen LogP contribution in [0.1, 0.15) is 22.4 Å². The molecule has 0 bridgehead atoms. The second kappa shape index (κ2) is 6.99. The van der Waals surface area contributed by atoms with E-state index in [1.165, 1.54) is 29.5 Å². The highest BCUT2D eigenvalue weighted by Crippen LogP contribution is 2.19. The van der Waals surface area contributed by atoms with Crippen molar-refractivity contribution in [1.82, 2.24) is 4.98 Å². The molecule has 6 heteroatoms. The quantitative estimate of drug-likeness (QED) is 0.523. The number of thiazole rings is 1. The first-order valence-electron chi connectivity index (χ1n) is 6.35. The van der Waals surface area contributed by atoms with Gasteiger partial charge in [0.15, 0.2) is 0 Å². The van der Waals surface area contributed by atoms with Crippen molar-refractivity contribution in [1.29, 1.82) is 0 Å². The van der Waals surface area contributed by atoms with Gasteiger partial charge >= 0.3 is 5.97 Å². The lowest BCUT2D eigenvalue weighted by Gasteiger charge is -1.98. The molecule has 4 nitrogen and oxygen atoms in total. The standard InChI is InChI=1S/C15H14FNO3S/c1-2-20-15(19)13(18)8-14-17-9-12(21-14)7-10-3-5-11(16)6-4-10/h3-6,8-9,18H,2,7H2,1H3. The molecule has 0 aliphatic heterocycles.